The topological polar surface area (TPSA) is 133 Å². The van der Waals surface area contributed by atoms with Crippen LogP contribution in [-0.4, -0.2) is 59.7 Å². The van der Waals surface area contributed by atoms with E-state index >= 15 is 0 Å². The van der Waals surface area contributed by atoms with E-state index in [1.807, 2.05) is 60.7 Å². The van der Waals surface area contributed by atoms with Gasteiger partial charge in [-0.05, 0) is 36.5 Å². The number of Topliss-reactive ketones (excluding diaryl/α,β-unsaturated/α-hetero) is 1. The number of hydrogen-bond acceptors (Lipinski definition) is 9. The summed E-state index contributed by atoms with van der Waals surface area (Å²) in [5.41, 5.74) is 11.6. The molecule has 1 aliphatic rings. The van der Waals surface area contributed by atoms with Gasteiger partial charge in [0.05, 0.1) is 25.1 Å². The Labute approximate surface area is 251 Å². The van der Waals surface area contributed by atoms with Crippen molar-refractivity contribution in [1.82, 2.24) is 20.3 Å². The largest absolute Gasteiger partial charge is 0.445 e. The monoisotopic (exact) mass is 580 g/mol. The predicted octanol–water partition coefficient (Wildman–Crippen LogP) is 4.63. The number of morpholine rings is 1. The standard InChI is InChI=1S/C33H36N6O4/c34-32-31(30(40)20-27-21-35-15-13-29(27)39-16-18-42-19-17-39)38-28(22-37-32)26-11-9-24(10-12-26)6-4-5-14-36-33(41)43-23-25-7-2-1-3-8-25/h1-3,7-13,15,21-22H,4-6,14,16-20,23H2,(H2,34,37)(H,36,41). The highest BCUT2D eigenvalue weighted by atomic mass is 16.5. The summed E-state index contributed by atoms with van der Waals surface area (Å²) in [5, 5.41) is 2.80. The predicted molar refractivity (Wildman–Crippen MR) is 165 cm³/mol. The minimum atomic E-state index is -0.409. The molecule has 3 heterocycles. The number of anilines is 2. The molecule has 0 radical (unpaired) electrons. The van der Waals surface area contributed by atoms with E-state index in [1.54, 1.807) is 18.6 Å². The average molecular weight is 581 g/mol. The Morgan fingerprint density at radius 2 is 1.74 bits per heavy atom. The van der Waals surface area contributed by atoms with Crippen LogP contribution in [0.25, 0.3) is 11.3 Å². The molecule has 0 atom stereocenters. The molecule has 10 nitrogen and oxygen atoms in total. The van der Waals surface area contributed by atoms with E-state index in [0.717, 1.165) is 54.7 Å². The number of alkyl carbamates (subject to hydrolysis) is 1. The molecule has 2 aromatic heterocycles. The Balaban J connectivity index is 1.12. The van der Waals surface area contributed by atoms with Crippen LogP contribution in [0.15, 0.2) is 79.3 Å². The summed E-state index contributed by atoms with van der Waals surface area (Å²) in [6.07, 6.45) is 7.39. The molecule has 4 aromatic rings. The number of ketones is 1. The van der Waals surface area contributed by atoms with Crippen molar-refractivity contribution in [3.05, 3.63) is 102 Å². The number of aromatic nitrogens is 3. The third-order valence-electron chi connectivity index (χ3n) is 7.27. The molecular weight excluding hydrogens is 544 g/mol. The van der Waals surface area contributed by atoms with E-state index in [-0.39, 0.29) is 30.3 Å². The van der Waals surface area contributed by atoms with Crippen LogP contribution >= 0.6 is 0 Å². The van der Waals surface area contributed by atoms with Crippen molar-refractivity contribution < 1.29 is 19.1 Å². The zero-order valence-electron chi connectivity index (χ0n) is 24.1. The van der Waals surface area contributed by atoms with Crippen molar-refractivity contribution in [3.8, 4) is 11.3 Å². The number of nitrogen functional groups attached to an aromatic ring is 1. The molecule has 1 aliphatic heterocycles. The lowest BCUT2D eigenvalue weighted by Gasteiger charge is -2.30. The van der Waals surface area contributed by atoms with Gasteiger partial charge in [0, 0.05) is 55.3 Å². The van der Waals surface area contributed by atoms with E-state index in [2.05, 4.69) is 25.2 Å². The zero-order chi connectivity index (χ0) is 29.9. The van der Waals surface area contributed by atoms with Crippen molar-refractivity contribution in [2.24, 2.45) is 0 Å². The molecule has 0 aliphatic carbocycles. The number of nitrogens with one attached hydrogen (secondary N) is 1. The Kier molecular flexibility index (Phi) is 10.3. The van der Waals surface area contributed by atoms with Gasteiger partial charge in [-0.25, -0.2) is 14.8 Å². The van der Waals surface area contributed by atoms with Crippen molar-refractivity contribution in [1.29, 1.82) is 0 Å². The molecule has 1 saturated heterocycles. The summed E-state index contributed by atoms with van der Waals surface area (Å²) in [7, 11) is 0. The smallest absolute Gasteiger partial charge is 0.407 e. The maximum absolute atomic E-state index is 13.3. The number of benzene rings is 2. The summed E-state index contributed by atoms with van der Waals surface area (Å²) >= 11 is 0. The number of aryl methyl sites for hydroxylation is 1. The normalized spacial score (nSPS) is 13.0. The fourth-order valence-electron chi connectivity index (χ4n) is 4.93. The highest BCUT2D eigenvalue weighted by molar-refractivity contribution is 6.00. The minimum absolute atomic E-state index is 0.111. The first-order valence-electron chi connectivity index (χ1n) is 14.5. The number of hydrogen-bond donors (Lipinski definition) is 2. The van der Waals surface area contributed by atoms with Crippen LogP contribution in [-0.2, 0) is 28.9 Å². The lowest BCUT2D eigenvalue weighted by molar-refractivity contribution is 0.0988. The molecule has 1 amide bonds. The Hall–Kier alpha value is -4.83. The quantitative estimate of drug-likeness (QED) is 0.182. The molecule has 5 rings (SSSR count). The van der Waals surface area contributed by atoms with E-state index in [0.29, 0.717) is 25.5 Å². The van der Waals surface area contributed by atoms with Crippen LogP contribution in [0.4, 0.5) is 16.3 Å². The first-order chi connectivity index (χ1) is 21.1. The first-order valence-corrected chi connectivity index (χ1v) is 14.5. The number of carbonyl (C=O) groups excluding carboxylic acids is 2. The van der Waals surface area contributed by atoms with E-state index < -0.39 is 6.09 Å². The molecule has 10 heteroatoms. The van der Waals surface area contributed by atoms with Gasteiger partial charge in [-0.3, -0.25) is 9.78 Å². The molecule has 43 heavy (non-hydrogen) atoms. The third kappa shape index (κ3) is 8.36. The number of amides is 1. The second-order valence-corrected chi connectivity index (χ2v) is 10.3. The summed E-state index contributed by atoms with van der Waals surface area (Å²) in [6.45, 7) is 3.64. The SMILES string of the molecule is Nc1ncc(-c2ccc(CCCCNC(=O)OCc3ccccc3)cc2)nc1C(=O)Cc1cnccc1N1CCOCC1. The van der Waals surface area contributed by atoms with Crippen LogP contribution in [0.2, 0.25) is 0 Å². The molecule has 0 bridgehead atoms. The maximum Gasteiger partial charge on any atom is 0.407 e. The van der Waals surface area contributed by atoms with Crippen LogP contribution in [0.1, 0.15) is 40.0 Å². The molecule has 1 fully saturated rings. The summed E-state index contributed by atoms with van der Waals surface area (Å²) in [4.78, 5) is 40.6. The summed E-state index contributed by atoms with van der Waals surface area (Å²) in [6, 6.07) is 19.6. The van der Waals surface area contributed by atoms with Gasteiger partial charge in [-0.2, -0.15) is 0 Å². The second-order valence-electron chi connectivity index (χ2n) is 10.3. The van der Waals surface area contributed by atoms with E-state index in [9.17, 15) is 9.59 Å². The summed E-state index contributed by atoms with van der Waals surface area (Å²) < 4.78 is 10.7. The molecule has 0 unspecified atom stereocenters. The fraction of sp³-hybridized carbons (Fsp3) is 0.303. The van der Waals surface area contributed by atoms with Gasteiger partial charge in [-0.1, -0.05) is 54.6 Å². The van der Waals surface area contributed by atoms with Gasteiger partial charge >= 0.3 is 6.09 Å². The van der Waals surface area contributed by atoms with E-state index in [4.69, 9.17) is 15.2 Å². The highest BCUT2D eigenvalue weighted by Crippen LogP contribution is 2.24. The molecule has 2 aromatic carbocycles. The fourth-order valence-corrected chi connectivity index (χ4v) is 4.93. The molecular formula is C33H36N6O4. The van der Waals surface area contributed by atoms with Gasteiger partial charge in [0.1, 0.15) is 12.3 Å². The number of unbranched alkanes of at least 4 members (excludes halogenated alkanes) is 1. The second kappa shape index (κ2) is 14.9. The van der Waals surface area contributed by atoms with Crippen molar-refractivity contribution in [2.45, 2.75) is 32.3 Å². The first kappa shape index (κ1) is 29.7. The average Bonchev–Trinajstić information content (AvgIpc) is 3.05. The number of nitrogens with zero attached hydrogens (tertiary/aromatic N) is 4. The number of pyridine rings is 1. The van der Waals surface area contributed by atoms with Gasteiger partial charge in [-0.15, -0.1) is 0 Å². The van der Waals surface area contributed by atoms with Gasteiger partial charge in [0.2, 0.25) is 0 Å². The Morgan fingerprint density at radius 3 is 2.53 bits per heavy atom. The number of nitrogens with two attached hydrogens (primary N) is 1. The van der Waals surface area contributed by atoms with Crippen LogP contribution in [0.3, 0.4) is 0 Å². The summed E-state index contributed by atoms with van der Waals surface area (Å²) in [5.74, 6) is -0.0942. The number of rotatable bonds is 12. The maximum atomic E-state index is 13.3. The molecule has 222 valence electrons. The van der Waals surface area contributed by atoms with Gasteiger partial charge in [0.15, 0.2) is 11.6 Å². The van der Waals surface area contributed by atoms with Gasteiger partial charge in [0.25, 0.3) is 0 Å². The highest BCUT2D eigenvalue weighted by Gasteiger charge is 2.20. The van der Waals surface area contributed by atoms with Crippen molar-refractivity contribution in [3.63, 3.8) is 0 Å². The van der Waals surface area contributed by atoms with Crippen molar-refractivity contribution in [2.75, 3.05) is 43.5 Å². The molecule has 0 spiro atoms. The third-order valence-corrected chi connectivity index (χ3v) is 7.27. The Morgan fingerprint density at radius 1 is 0.953 bits per heavy atom. The lowest BCUT2D eigenvalue weighted by atomic mass is 10.0. The lowest BCUT2D eigenvalue weighted by Crippen LogP contribution is -2.37. The minimum Gasteiger partial charge on any atom is -0.445 e. The van der Waals surface area contributed by atoms with Crippen LogP contribution in [0, 0.1) is 0 Å². The van der Waals surface area contributed by atoms with Gasteiger partial charge < -0.3 is 25.4 Å². The van der Waals surface area contributed by atoms with E-state index in [1.165, 1.54) is 5.56 Å². The zero-order valence-corrected chi connectivity index (χ0v) is 24.1. The number of carbonyl (C=O) groups is 2. The molecule has 0 saturated carbocycles. The van der Waals surface area contributed by atoms with Crippen LogP contribution in [0.5, 0.6) is 0 Å². The molecule has 3 N–H and O–H groups in total. The van der Waals surface area contributed by atoms with Crippen LogP contribution < -0.4 is 16.0 Å². The number of ether oxygens (including phenoxy) is 2. The Bertz CT molecular complexity index is 1510. The van der Waals surface area contributed by atoms with Crippen molar-refractivity contribution >= 4 is 23.4 Å².